The van der Waals surface area contributed by atoms with Gasteiger partial charge in [0.05, 0.1) is 10.9 Å². The molecule has 118 valence electrons. The molecule has 22 heavy (non-hydrogen) atoms. The number of likely N-dealkylation sites (tertiary alicyclic amines) is 1. The van der Waals surface area contributed by atoms with Gasteiger partial charge in [-0.05, 0) is 38.8 Å². The van der Waals surface area contributed by atoms with Crippen LogP contribution in [-0.2, 0) is 4.79 Å². The SMILES string of the molecule is CC(=O)c1ccccc1NC(=O)C(C)SC(=S)N1CCCC1. The van der Waals surface area contributed by atoms with Crippen molar-refractivity contribution >= 4 is 45.7 Å². The fourth-order valence-electron chi connectivity index (χ4n) is 2.31. The number of thiocarbonyl (C=S) groups is 1. The molecule has 1 amide bonds. The van der Waals surface area contributed by atoms with Crippen LogP contribution in [-0.4, -0.2) is 39.3 Å². The highest BCUT2D eigenvalue weighted by atomic mass is 32.2. The number of carbonyl (C=O) groups is 2. The van der Waals surface area contributed by atoms with Gasteiger partial charge in [0, 0.05) is 18.7 Å². The van der Waals surface area contributed by atoms with E-state index in [1.54, 1.807) is 24.3 Å². The quantitative estimate of drug-likeness (QED) is 0.675. The van der Waals surface area contributed by atoms with Gasteiger partial charge < -0.3 is 10.2 Å². The summed E-state index contributed by atoms with van der Waals surface area (Å²) >= 11 is 6.79. The molecule has 0 aliphatic carbocycles. The van der Waals surface area contributed by atoms with Crippen molar-refractivity contribution in [2.24, 2.45) is 0 Å². The van der Waals surface area contributed by atoms with Crippen molar-refractivity contribution in [3.05, 3.63) is 29.8 Å². The lowest BCUT2D eigenvalue weighted by atomic mass is 10.1. The van der Waals surface area contributed by atoms with Crippen LogP contribution in [0.25, 0.3) is 0 Å². The molecule has 1 fully saturated rings. The van der Waals surface area contributed by atoms with Gasteiger partial charge in [0.1, 0.15) is 4.32 Å². The smallest absolute Gasteiger partial charge is 0.237 e. The summed E-state index contributed by atoms with van der Waals surface area (Å²) in [6.45, 7) is 5.28. The molecule has 4 nitrogen and oxygen atoms in total. The van der Waals surface area contributed by atoms with Crippen molar-refractivity contribution in [1.82, 2.24) is 4.90 Å². The zero-order chi connectivity index (χ0) is 16.1. The minimum absolute atomic E-state index is 0.0659. The maximum absolute atomic E-state index is 12.3. The van der Waals surface area contributed by atoms with E-state index in [0.717, 1.165) is 30.3 Å². The lowest BCUT2D eigenvalue weighted by Gasteiger charge is -2.20. The Labute approximate surface area is 140 Å². The van der Waals surface area contributed by atoms with Gasteiger partial charge in [-0.1, -0.05) is 36.1 Å². The first-order chi connectivity index (χ1) is 10.5. The van der Waals surface area contributed by atoms with E-state index in [1.165, 1.54) is 18.7 Å². The van der Waals surface area contributed by atoms with Crippen LogP contribution in [0, 0.1) is 0 Å². The predicted octanol–water partition coefficient (Wildman–Crippen LogP) is 3.33. The fourth-order valence-corrected chi connectivity index (χ4v) is 3.73. The van der Waals surface area contributed by atoms with E-state index in [9.17, 15) is 9.59 Å². The number of para-hydroxylation sites is 1. The van der Waals surface area contributed by atoms with Crippen molar-refractivity contribution in [1.29, 1.82) is 0 Å². The summed E-state index contributed by atoms with van der Waals surface area (Å²) in [7, 11) is 0. The van der Waals surface area contributed by atoms with Crippen molar-refractivity contribution in [2.45, 2.75) is 31.9 Å². The third-order valence-electron chi connectivity index (χ3n) is 3.58. The Bertz CT molecular complexity index is 583. The molecule has 0 spiro atoms. The van der Waals surface area contributed by atoms with E-state index in [-0.39, 0.29) is 16.9 Å². The number of benzene rings is 1. The first-order valence-corrected chi connectivity index (χ1v) is 8.64. The van der Waals surface area contributed by atoms with Crippen LogP contribution in [0.2, 0.25) is 0 Å². The van der Waals surface area contributed by atoms with Crippen LogP contribution < -0.4 is 5.32 Å². The molecule has 1 aliphatic rings. The lowest BCUT2D eigenvalue weighted by Crippen LogP contribution is -2.29. The Kier molecular flexibility index (Phi) is 5.97. The fraction of sp³-hybridized carbons (Fsp3) is 0.438. The molecule has 2 rings (SSSR count). The molecule has 1 N–H and O–H groups in total. The highest BCUT2D eigenvalue weighted by Gasteiger charge is 2.22. The summed E-state index contributed by atoms with van der Waals surface area (Å²) < 4.78 is 0.778. The summed E-state index contributed by atoms with van der Waals surface area (Å²) in [6.07, 6.45) is 2.32. The third-order valence-corrected chi connectivity index (χ3v) is 5.15. The second-order valence-electron chi connectivity index (χ2n) is 5.31. The molecular formula is C16H20N2O2S2. The van der Waals surface area contributed by atoms with Crippen LogP contribution in [0.1, 0.15) is 37.0 Å². The van der Waals surface area contributed by atoms with Gasteiger partial charge in [-0.15, -0.1) is 0 Å². The summed E-state index contributed by atoms with van der Waals surface area (Å²) in [5.41, 5.74) is 1.08. The molecule has 0 saturated carbocycles. The second kappa shape index (κ2) is 7.74. The molecule has 0 radical (unpaired) electrons. The minimum atomic E-state index is -0.298. The normalized spacial score (nSPS) is 15.5. The van der Waals surface area contributed by atoms with Gasteiger partial charge in [0.2, 0.25) is 5.91 Å². The molecule has 1 heterocycles. The average Bonchev–Trinajstić information content (AvgIpc) is 3.01. The molecule has 6 heteroatoms. The van der Waals surface area contributed by atoms with Crippen molar-refractivity contribution in [3.63, 3.8) is 0 Å². The first-order valence-electron chi connectivity index (χ1n) is 7.35. The van der Waals surface area contributed by atoms with E-state index < -0.39 is 0 Å². The number of nitrogens with one attached hydrogen (secondary N) is 1. The van der Waals surface area contributed by atoms with Gasteiger partial charge in [-0.3, -0.25) is 9.59 Å². The number of ketones is 1. The zero-order valence-corrected chi connectivity index (χ0v) is 14.4. The van der Waals surface area contributed by atoms with Crippen LogP contribution in [0.4, 0.5) is 5.69 Å². The molecule has 1 aromatic carbocycles. The Morgan fingerprint density at radius 2 is 1.91 bits per heavy atom. The number of amides is 1. The molecule has 1 aliphatic heterocycles. The Morgan fingerprint density at radius 1 is 1.27 bits per heavy atom. The van der Waals surface area contributed by atoms with Crippen LogP contribution in [0.15, 0.2) is 24.3 Å². The van der Waals surface area contributed by atoms with E-state index in [4.69, 9.17) is 12.2 Å². The van der Waals surface area contributed by atoms with Crippen LogP contribution in [0.3, 0.4) is 0 Å². The van der Waals surface area contributed by atoms with Crippen molar-refractivity contribution < 1.29 is 9.59 Å². The van der Waals surface area contributed by atoms with E-state index in [0.29, 0.717) is 11.3 Å². The van der Waals surface area contributed by atoms with Crippen LogP contribution in [0.5, 0.6) is 0 Å². The van der Waals surface area contributed by atoms with Gasteiger partial charge in [-0.2, -0.15) is 0 Å². The molecule has 1 saturated heterocycles. The molecule has 1 aromatic rings. The van der Waals surface area contributed by atoms with Gasteiger partial charge in [0.25, 0.3) is 0 Å². The van der Waals surface area contributed by atoms with E-state index in [1.807, 2.05) is 6.92 Å². The molecule has 0 bridgehead atoms. The molecule has 1 unspecified atom stereocenters. The lowest BCUT2D eigenvalue weighted by molar-refractivity contribution is -0.115. The Balaban J connectivity index is 1.96. The maximum Gasteiger partial charge on any atom is 0.237 e. The monoisotopic (exact) mass is 336 g/mol. The van der Waals surface area contributed by atoms with Gasteiger partial charge in [0.15, 0.2) is 5.78 Å². The number of hydrogen-bond acceptors (Lipinski definition) is 4. The number of Topliss-reactive ketones (excluding diaryl/α,β-unsaturated/α-hetero) is 1. The topological polar surface area (TPSA) is 49.4 Å². The average molecular weight is 336 g/mol. The maximum atomic E-state index is 12.3. The largest absolute Gasteiger partial charge is 0.358 e. The number of carbonyl (C=O) groups excluding carboxylic acids is 2. The first kappa shape index (κ1) is 17.0. The van der Waals surface area contributed by atoms with Gasteiger partial charge in [-0.25, -0.2) is 0 Å². The third kappa shape index (κ3) is 4.30. The zero-order valence-electron chi connectivity index (χ0n) is 12.8. The summed E-state index contributed by atoms with van der Waals surface area (Å²) in [4.78, 5) is 26.0. The number of anilines is 1. The van der Waals surface area contributed by atoms with E-state index >= 15 is 0 Å². The standard InChI is InChI=1S/C16H20N2O2S2/c1-11(19)13-7-3-4-8-14(13)17-15(20)12(2)22-16(21)18-9-5-6-10-18/h3-4,7-8,12H,5-6,9-10H2,1-2H3,(H,17,20). The second-order valence-corrected chi connectivity index (χ2v) is 7.29. The van der Waals surface area contributed by atoms with Crippen LogP contribution >= 0.6 is 24.0 Å². The number of thioether (sulfide) groups is 1. The highest BCUT2D eigenvalue weighted by Crippen LogP contribution is 2.22. The summed E-state index contributed by atoms with van der Waals surface area (Å²) in [5.74, 6) is -0.205. The molecular weight excluding hydrogens is 316 g/mol. The van der Waals surface area contributed by atoms with Crippen molar-refractivity contribution in [3.8, 4) is 0 Å². The number of rotatable bonds is 4. The summed E-state index contributed by atoms with van der Waals surface area (Å²) in [6, 6.07) is 7.04. The number of nitrogens with zero attached hydrogens (tertiary/aromatic N) is 1. The van der Waals surface area contributed by atoms with Crippen molar-refractivity contribution in [2.75, 3.05) is 18.4 Å². The minimum Gasteiger partial charge on any atom is -0.358 e. The molecule has 1 atom stereocenters. The highest BCUT2D eigenvalue weighted by molar-refractivity contribution is 8.23. The number of hydrogen-bond donors (Lipinski definition) is 1. The molecule has 0 aromatic heterocycles. The van der Waals surface area contributed by atoms with Gasteiger partial charge >= 0.3 is 0 Å². The predicted molar refractivity (Wildman–Crippen MR) is 95.5 cm³/mol. The summed E-state index contributed by atoms with van der Waals surface area (Å²) in [5, 5.41) is 2.53. The van der Waals surface area contributed by atoms with E-state index in [2.05, 4.69) is 10.2 Å². The Morgan fingerprint density at radius 3 is 2.55 bits per heavy atom. The Hall–Kier alpha value is -1.40.